The second-order valence-corrected chi connectivity index (χ2v) is 6.43. The highest BCUT2D eigenvalue weighted by molar-refractivity contribution is 6.05. The highest BCUT2D eigenvalue weighted by Gasteiger charge is 2.26. The summed E-state index contributed by atoms with van der Waals surface area (Å²) >= 11 is 0. The third kappa shape index (κ3) is 3.82. The van der Waals surface area contributed by atoms with Crippen LogP contribution < -0.4 is 10.6 Å². The predicted molar refractivity (Wildman–Crippen MR) is 97.6 cm³/mol. The van der Waals surface area contributed by atoms with E-state index in [0.29, 0.717) is 17.2 Å². The number of benzene rings is 1. The van der Waals surface area contributed by atoms with Crippen LogP contribution >= 0.6 is 0 Å². The van der Waals surface area contributed by atoms with Crippen molar-refractivity contribution in [2.75, 3.05) is 10.6 Å². The van der Waals surface area contributed by atoms with Crippen molar-refractivity contribution in [3.63, 3.8) is 0 Å². The van der Waals surface area contributed by atoms with Crippen LogP contribution in [0.4, 0.5) is 15.8 Å². The van der Waals surface area contributed by atoms with Gasteiger partial charge < -0.3 is 10.6 Å². The van der Waals surface area contributed by atoms with E-state index in [0.717, 1.165) is 37.5 Å². The zero-order valence-corrected chi connectivity index (χ0v) is 14.6. The SMILES string of the molecule is C=CC(=O)Nc1cc(NC(=O)c2cn(C)nc2C2CCCC2)ccc1F. The van der Waals surface area contributed by atoms with Crippen LogP contribution in [0.1, 0.15) is 47.7 Å². The lowest BCUT2D eigenvalue weighted by atomic mass is 10.00. The summed E-state index contributed by atoms with van der Waals surface area (Å²) in [5.74, 6) is -1.12. The van der Waals surface area contributed by atoms with Crippen molar-refractivity contribution in [3.05, 3.63) is 54.1 Å². The van der Waals surface area contributed by atoms with Gasteiger partial charge in [-0.2, -0.15) is 5.10 Å². The molecule has 2 amide bonds. The number of hydrogen-bond donors (Lipinski definition) is 2. The number of hydrogen-bond acceptors (Lipinski definition) is 3. The number of anilines is 2. The summed E-state index contributed by atoms with van der Waals surface area (Å²) in [5.41, 5.74) is 1.71. The van der Waals surface area contributed by atoms with E-state index in [2.05, 4.69) is 22.3 Å². The van der Waals surface area contributed by atoms with Crippen LogP contribution in [0.3, 0.4) is 0 Å². The summed E-state index contributed by atoms with van der Waals surface area (Å²) in [6, 6.07) is 4.01. The van der Waals surface area contributed by atoms with E-state index < -0.39 is 11.7 Å². The predicted octanol–water partition coefficient (Wildman–Crippen LogP) is 3.59. The standard InChI is InChI=1S/C19H21FN4O2/c1-3-17(25)22-16-10-13(8-9-15(16)20)21-19(26)14-11-24(2)23-18(14)12-6-4-5-7-12/h3,8-12H,1,4-7H2,2H3,(H,21,26)(H,22,25). The number of carbonyl (C=O) groups is 2. The molecule has 0 atom stereocenters. The Kier molecular flexibility index (Phi) is 5.16. The molecule has 1 fully saturated rings. The number of amides is 2. The van der Waals surface area contributed by atoms with Crippen LogP contribution in [0, 0.1) is 5.82 Å². The van der Waals surface area contributed by atoms with Crippen molar-refractivity contribution < 1.29 is 14.0 Å². The monoisotopic (exact) mass is 356 g/mol. The summed E-state index contributed by atoms with van der Waals surface area (Å²) in [6.07, 6.45) is 7.11. The normalized spacial score (nSPS) is 14.2. The van der Waals surface area contributed by atoms with Gasteiger partial charge in [0, 0.05) is 24.8 Å². The fourth-order valence-corrected chi connectivity index (χ4v) is 3.26. The highest BCUT2D eigenvalue weighted by atomic mass is 19.1. The molecule has 3 rings (SSSR count). The van der Waals surface area contributed by atoms with Gasteiger partial charge in [0.15, 0.2) is 0 Å². The lowest BCUT2D eigenvalue weighted by molar-refractivity contribution is -0.111. The number of aryl methyl sites for hydroxylation is 1. The molecular weight excluding hydrogens is 335 g/mol. The molecule has 2 aromatic rings. The molecule has 136 valence electrons. The summed E-state index contributed by atoms with van der Waals surface area (Å²) in [4.78, 5) is 24.1. The first-order valence-corrected chi connectivity index (χ1v) is 8.56. The van der Waals surface area contributed by atoms with Crippen molar-refractivity contribution >= 4 is 23.2 Å². The molecule has 26 heavy (non-hydrogen) atoms. The summed E-state index contributed by atoms with van der Waals surface area (Å²) in [5, 5.41) is 9.60. The largest absolute Gasteiger partial charge is 0.322 e. The van der Waals surface area contributed by atoms with Crippen LogP contribution in [0.2, 0.25) is 0 Å². The average Bonchev–Trinajstić information content (AvgIpc) is 3.26. The maximum Gasteiger partial charge on any atom is 0.259 e. The van der Waals surface area contributed by atoms with E-state index in [1.165, 1.54) is 18.2 Å². The van der Waals surface area contributed by atoms with Crippen molar-refractivity contribution in [2.45, 2.75) is 31.6 Å². The molecule has 0 saturated heterocycles. The molecule has 1 aromatic carbocycles. The summed E-state index contributed by atoms with van der Waals surface area (Å²) < 4.78 is 15.5. The van der Waals surface area contributed by atoms with Gasteiger partial charge in [-0.05, 0) is 37.1 Å². The van der Waals surface area contributed by atoms with Gasteiger partial charge in [0.2, 0.25) is 5.91 Å². The lowest BCUT2D eigenvalue weighted by Crippen LogP contribution is -2.15. The van der Waals surface area contributed by atoms with Gasteiger partial charge in [-0.15, -0.1) is 0 Å². The Morgan fingerprint density at radius 1 is 1.31 bits per heavy atom. The molecule has 1 heterocycles. The second kappa shape index (κ2) is 7.51. The quantitative estimate of drug-likeness (QED) is 0.804. The molecule has 0 bridgehead atoms. The molecule has 1 saturated carbocycles. The molecule has 0 aliphatic heterocycles. The first-order valence-electron chi connectivity index (χ1n) is 8.56. The van der Waals surface area contributed by atoms with Gasteiger partial charge in [0.25, 0.3) is 5.91 Å². The highest BCUT2D eigenvalue weighted by Crippen LogP contribution is 2.35. The van der Waals surface area contributed by atoms with Crippen LogP contribution in [0.25, 0.3) is 0 Å². The van der Waals surface area contributed by atoms with E-state index in [1.54, 1.807) is 17.9 Å². The lowest BCUT2D eigenvalue weighted by Gasteiger charge is -2.11. The molecule has 0 radical (unpaired) electrons. The topological polar surface area (TPSA) is 76.0 Å². The van der Waals surface area contributed by atoms with Crippen LogP contribution in [-0.4, -0.2) is 21.6 Å². The van der Waals surface area contributed by atoms with Crippen LogP contribution in [0.15, 0.2) is 37.1 Å². The Balaban J connectivity index is 1.81. The molecule has 1 aliphatic carbocycles. The van der Waals surface area contributed by atoms with Crippen molar-refractivity contribution in [2.24, 2.45) is 7.05 Å². The number of carbonyl (C=O) groups excluding carboxylic acids is 2. The molecule has 2 N–H and O–H groups in total. The molecule has 0 spiro atoms. The van der Waals surface area contributed by atoms with Crippen molar-refractivity contribution in [1.29, 1.82) is 0 Å². The van der Waals surface area contributed by atoms with Gasteiger partial charge in [0.05, 0.1) is 16.9 Å². The molecule has 7 heteroatoms. The third-order valence-electron chi connectivity index (χ3n) is 4.51. The third-order valence-corrected chi connectivity index (χ3v) is 4.51. The van der Waals surface area contributed by atoms with Gasteiger partial charge in [0.1, 0.15) is 5.82 Å². The minimum atomic E-state index is -0.591. The van der Waals surface area contributed by atoms with Crippen LogP contribution in [0.5, 0.6) is 0 Å². The number of nitrogens with one attached hydrogen (secondary N) is 2. The molecule has 1 aliphatic rings. The van der Waals surface area contributed by atoms with E-state index in [4.69, 9.17) is 0 Å². The van der Waals surface area contributed by atoms with Gasteiger partial charge in [-0.25, -0.2) is 4.39 Å². The Labute approximate surface area is 151 Å². The van der Waals surface area contributed by atoms with E-state index in [1.807, 2.05) is 0 Å². The van der Waals surface area contributed by atoms with Gasteiger partial charge >= 0.3 is 0 Å². The number of nitrogens with zero attached hydrogens (tertiary/aromatic N) is 2. The van der Waals surface area contributed by atoms with E-state index in [9.17, 15) is 14.0 Å². The van der Waals surface area contributed by atoms with Crippen molar-refractivity contribution in [1.82, 2.24) is 9.78 Å². The number of rotatable bonds is 5. The van der Waals surface area contributed by atoms with Gasteiger partial charge in [-0.1, -0.05) is 19.4 Å². The molecule has 6 nitrogen and oxygen atoms in total. The number of halogens is 1. The van der Waals surface area contributed by atoms with E-state index >= 15 is 0 Å². The summed E-state index contributed by atoms with van der Waals surface area (Å²) in [6.45, 7) is 3.33. The minimum Gasteiger partial charge on any atom is -0.322 e. The fraction of sp³-hybridized carbons (Fsp3) is 0.316. The maximum atomic E-state index is 13.8. The Morgan fingerprint density at radius 3 is 2.73 bits per heavy atom. The molecule has 0 unspecified atom stereocenters. The van der Waals surface area contributed by atoms with Gasteiger partial charge in [-0.3, -0.25) is 14.3 Å². The first-order chi connectivity index (χ1) is 12.5. The average molecular weight is 356 g/mol. The molecular formula is C19H21FN4O2. The van der Waals surface area contributed by atoms with E-state index in [-0.39, 0.29) is 11.6 Å². The van der Waals surface area contributed by atoms with Crippen molar-refractivity contribution in [3.8, 4) is 0 Å². The zero-order chi connectivity index (χ0) is 18.7. The number of aromatic nitrogens is 2. The first kappa shape index (κ1) is 17.8. The zero-order valence-electron chi connectivity index (χ0n) is 14.6. The Bertz CT molecular complexity index is 853. The minimum absolute atomic E-state index is 0.0186. The Morgan fingerprint density at radius 2 is 2.04 bits per heavy atom. The summed E-state index contributed by atoms with van der Waals surface area (Å²) in [7, 11) is 1.79. The molecule has 1 aromatic heterocycles. The maximum absolute atomic E-state index is 13.8. The fourth-order valence-electron chi connectivity index (χ4n) is 3.26. The Hall–Kier alpha value is -2.96. The smallest absolute Gasteiger partial charge is 0.259 e. The van der Waals surface area contributed by atoms with Crippen LogP contribution in [-0.2, 0) is 11.8 Å². The second-order valence-electron chi connectivity index (χ2n) is 6.43.